The smallest absolute Gasteiger partial charge is 0.303 e. The maximum Gasteiger partial charge on any atom is 0.303 e. The highest BCUT2D eigenvalue weighted by molar-refractivity contribution is 5.68. The Kier molecular flexibility index (Phi) is 5.29. The third-order valence-electron chi connectivity index (χ3n) is 2.60. The summed E-state index contributed by atoms with van der Waals surface area (Å²) in [4.78, 5) is 33.3. The van der Waals surface area contributed by atoms with E-state index in [1.165, 1.54) is 20.8 Å². The summed E-state index contributed by atoms with van der Waals surface area (Å²) in [6, 6.07) is 0. The summed E-state index contributed by atoms with van der Waals surface area (Å²) >= 11 is 0. The molecule has 1 heterocycles. The van der Waals surface area contributed by atoms with Gasteiger partial charge in [0.2, 0.25) is 0 Å². The molecule has 7 heteroatoms. The Morgan fingerprint density at radius 3 is 1.84 bits per heavy atom. The van der Waals surface area contributed by atoms with E-state index in [1.807, 2.05) is 0 Å². The lowest BCUT2D eigenvalue weighted by Crippen LogP contribution is -2.56. The Morgan fingerprint density at radius 1 is 0.895 bits per heavy atom. The molecule has 4 atom stereocenters. The molecule has 7 nitrogen and oxygen atoms in total. The Labute approximate surface area is 111 Å². The first-order valence-electron chi connectivity index (χ1n) is 5.94. The van der Waals surface area contributed by atoms with Crippen molar-refractivity contribution < 1.29 is 33.3 Å². The van der Waals surface area contributed by atoms with E-state index < -0.39 is 42.3 Å². The fraction of sp³-hybridized carbons (Fsp3) is 0.750. The molecule has 0 aromatic rings. The minimum Gasteiger partial charge on any atom is -0.456 e. The van der Waals surface area contributed by atoms with Crippen LogP contribution < -0.4 is 0 Å². The molecule has 0 aromatic heterocycles. The summed E-state index contributed by atoms with van der Waals surface area (Å²) in [5.41, 5.74) is 0. The van der Waals surface area contributed by atoms with Gasteiger partial charge in [-0.3, -0.25) is 14.4 Å². The van der Waals surface area contributed by atoms with Crippen LogP contribution in [-0.2, 0) is 33.3 Å². The van der Waals surface area contributed by atoms with Crippen molar-refractivity contribution in [3.8, 4) is 0 Å². The first-order chi connectivity index (χ1) is 8.81. The van der Waals surface area contributed by atoms with Gasteiger partial charge >= 0.3 is 17.9 Å². The van der Waals surface area contributed by atoms with Crippen LogP contribution >= 0.6 is 0 Å². The molecule has 1 saturated heterocycles. The summed E-state index contributed by atoms with van der Waals surface area (Å²) in [5.74, 6) is -1.60. The maximum atomic E-state index is 11.1. The molecule has 1 unspecified atom stereocenters. The largest absolute Gasteiger partial charge is 0.456 e. The average molecular weight is 274 g/mol. The van der Waals surface area contributed by atoms with Crippen molar-refractivity contribution in [1.29, 1.82) is 0 Å². The van der Waals surface area contributed by atoms with Crippen LogP contribution in [-0.4, -0.2) is 48.9 Å². The number of hydrogen-bond donors (Lipinski definition) is 0. The van der Waals surface area contributed by atoms with E-state index in [0.29, 0.717) is 0 Å². The van der Waals surface area contributed by atoms with E-state index in [2.05, 4.69) is 0 Å². The van der Waals surface area contributed by atoms with Crippen LogP contribution in [0.5, 0.6) is 0 Å². The molecule has 0 amide bonds. The highest BCUT2D eigenvalue weighted by Gasteiger charge is 2.44. The van der Waals surface area contributed by atoms with Crippen molar-refractivity contribution in [2.75, 3.05) is 6.61 Å². The zero-order valence-electron chi connectivity index (χ0n) is 11.4. The van der Waals surface area contributed by atoms with Gasteiger partial charge in [0.25, 0.3) is 0 Å². The maximum absolute atomic E-state index is 11.1. The molecular weight excluding hydrogens is 256 g/mol. The molecule has 1 aliphatic rings. The predicted octanol–water partition coefficient (Wildman–Crippen LogP) is 0.200. The number of hydrogen-bond acceptors (Lipinski definition) is 7. The van der Waals surface area contributed by atoms with Gasteiger partial charge in [-0.25, -0.2) is 0 Å². The van der Waals surface area contributed by atoms with E-state index >= 15 is 0 Å². The summed E-state index contributed by atoms with van der Waals surface area (Å²) < 4.78 is 20.6. The van der Waals surface area contributed by atoms with E-state index in [0.717, 1.165) is 0 Å². The van der Waals surface area contributed by atoms with Gasteiger partial charge in [0.05, 0.1) is 12.7 Å². The first-order valence-corrected chi connectivity index (χ1v) is 5.94. The highest BCUT2D eigenvalue weighted by Crippen LogP contribution is 2.24. The molecule has 1 rings (SSSR count). The molecule has 19 heavy (non-hydrogen) atoms. The summed E-state index contributed by atoms with van der Waals surface area (Å²) in [7, 11) is 0. The Hall–Kier alpha value is -1.63. The molecule has 0 N–H and O–H groups in total. The van der Waals surface area contributed by atoms with Crippen LogP contribution in [0.2, 0.25) is 0 Å². The SMILES string of the molecule is CC(=O)O[C@H]1[C@H](OC(C)=O)COC(C)[C@@H]1OC(C)=O. The van der Waals surface area contributed by atoms with Crippen LogP contribution in [0.1, 0.15) is 27.7 Å². The van der Waals surface area contributed by atoms with E-state index in [9.17, 15) is 14.4 Å². The molecule has 0 radical (unpaired) electrons. The molecular formula is C12H18O7. The average Bonchev–Trinajstić information content (AvgIpc) is 2.25. The minimum atomic E-state index is -0.867. The topological polar surface area (TPSA) is 88.1 Å². The quantitative estimate of drug-likeness (QED) is 0.536. The summed E-state index contributed by atoms with van der Waals surface area (Å²) in [6.07, 6.45) is -2.92. The van der Waals surface area contributed by atoms with Gasteiger partial charge < -0.3 is 18.9 Å². The highest BCUT2D eigenvalue weighted by atomic mass is 16.6. The molecule has 0 bridgehead atoms. The zero-order chi connectivity index (χ0) is 14.6. The number of carbonyl (C=O) groups is 3. The van der Waals surface area contributed by atoms with Gasteiger partial charge in [-0.2, -0.15) is 0 Å². The predicted molar refractivity (Wildman–Crippen MR) is 62.1 cm³/mol. The molecule has 0 saturated carbocycles. The van der Waals surface area contributed by atoms with Gasteiger partial charge in [0, 0.05) is 20.8 Å². The lowest BCUT2D eigenvalue weighted by atomic mass is 10.0. The van der Waals surface area contributed by atoms with Gasteiger partial charge in [-0.1, -0.05) is 0 Å². The molecule has 0 aromatic carbocycles. The fourth-order valence-electron chi connectivity index (χ4n) is 1.92. The van der Waals surface area contributed by atoms with Crippen molar-refractivity contribution >= 4 is 17.9 Å². The number of carbonyl (C=O) groups excluding carboxylic acids is 3. The van der Waals surface area contributed by atoms with Gasteiger partial charge in [-0.15, -0.1) is 0 Å². The monoisotopic (exact) mass is 274 g/mol. The Morgan fingerprint density at radius 2 is 1.37 bits per heavy atom. The molecule has 1 fully saturated rings. The van der Waals surface area contributed by atoms with Gasteiger partial charge in [0.15, 0.2) is 18.3 Å². The molecule has 108 valence electrons. The van der Waals surface area contributed by atoms with Crippen molar-refractivity contribution in [2.45, 2.75) is 52.1 Å². The normalized spacial score (nSPS) is 30.3. The zero-order valence-corrected chi connectivity index (χ0v) is 11.4. The first kappa shape index (κ1) is 15.4. The van der Waals surface area contributed by atoms with Crippen LogP contribution in [0, 0.1) is 0 Å². The summed E-state index contributed by atoms with van der Waals surface area (Å²) in [5, 5.41) is 0. The van der Waals surface area contributed by atoms with Crippen molar-refractivity contribution in [1.82, 2.24) is 0 Å². The second-order valence-electron chi connectivity index (χ2n) is 4.33. The van der Waals surface area contributed by atoms with Crippen LogP contribution in [0.25, 0.3) is 0 Å². The minimum absolute atomic E-state index is 0.0798. The second-order valence-corrected chi connectivity index (χ2v) is 4.33. The van der Waals surface area contributed by atoms with Gasteiger partial charge in [0.1, 0.15) is 0 Å². The second kappa shape index (κ2) is 6.51. The Bertz CT molecular complexity index is 365. The standard InChI is InChI=1S/C12H18O7/c1-6-11(18-8(3)14)12(19-9(4)15)10(5-16-6)17-7(2)13/h6,10-12H,5H2,1-4H3/t6?,10-,11+,12+/m1/s1. The molecule has 1 aliphatic heterocycles. The van der Waals surface area contributed by atoms with Crippen LogP contribution in [0.3, 0.4) is 0 Å². The molecule has 0 spiro atoms. The lowest BCUT2D eigenvalue weighted by molar-refractivity contribution is -0.222. The van der Waals surface area contributed by atoms with Crippen LogP contribution in [0.4, 0.5) is 0 Å². The molecule has 0 aliphatic carbocycles. The van der Waals surface area contributed by atoms with Crippen molar-refractivity contribution in [3.63, 3.8) is 0 Å². The number of esters is 3. The van der Waals surface area contributed by atoms with Gasteiger partial charge in [-0.05, 0) is 6.92 Å². The van der Waals surface area contributed by atoms with E-state index in [4.69, 9.17) is 18.9 Å². The third kappa shape index (κ3) is 4.51. The number of rotatable bonds is 3. The number of ether oxygens (including phenoxy) is 4. The van der Waals surface area contributed by atoms with Crippen molar-refractivity contribution in [2.24, 2.45) is 0 Å². The summed E-state index contributed by atoms with van der Waals surface area (Å²) in [6.45, 7) is 5.48. The lowest BCUT2D eigenvalue weighted by Gasteiger charge is -2.39. The fourth-order valence-corrected chi connectivity index (χ4v) is 1.92. The van der Waals surface area contributed by atoms with Crippen molar-refractivity contribution in [3.05, 3.63) is 0 Å². The van der Waals surface area contributed by atoms with Crippen LogP contribution in [0.15, 0.2) is 0 Å². The van der Waals surface area contributed by atoms with E-state index in [-0.39, 0.29) is 6.61 Å². The Balaban J connectivity index is 2.89. The van der Waals surface area contributed by atoms with E-state index in [1.54, 1.807) is 6.92 Å². The third-order valence-corrected chi connectivity index (χ3v) is 2.60.